The Bertz CT molecular complexity index is 603. The van der Waals surface area contributed by atoms with Crippen LogP contribution in [0.1, 0.15) is 70.9 Å². The third-order valence-electron chi connectivity index (χ3n) is 5.02. The Kier molecular flexibility index (Phi) is 7.10. The van der Waals surface area contributed by atoms with Gasteiger partial charge in [0.15, 0.2) is 0 Å². The average molecular weight is 362 g/mol. The Hall–Kier alpha value is -1.55. The highest BCUT2D eigenvalue weighted by atomic mass is 16.5. The number of carbonyl (C=O) groups is 1. The summed E-state index contributed by atoms with van der Waals surface area (Å²) in [5.74, 6) is 1.41. The summed E-state index contributed by atoms with van der Waals surface area (Å²) in [6.45, 7) is 13.0. The van der Waals surface area contributed by atoms with E-state index in [-0.39, 0.29) is 12.0 Å². The van der Waals surface area contributed by atoms with Crippen LogP contribution >= 0.6 is 0 Å². The van der Waals surface area contributed by atoms with Crippen LogP contribution in [0.3, 0.4) is 0 Å². The normalized spacial score (nSPS) is 23.1. The highest BCUT2D eigenvalue weighted by molar-refractivity contribution is 5.97. The maximum absolute atomic E-state index is 13.2. The minimum atomic E-state index is -0.692. The molecule has 4 heteroatoms. The van der Waals surface area contributed by atoms with E-state index in [1.54, 1.807) is 0 Å². The summed E-state index contributed by atoms with van der Waals surface area (Å²) >= 11 is 0. The number of benzene rings is 1. The summed E-state index contributed by atoms with van der Waals surface area (Å²) in [6.07, 6.45) is 4.85. The summed E-state index contributed by atoms with van der Waals surface area (Å²) in [4.78, 5) is 13.2. The van der Waals surface area contributed by atoms with Crippen molar-refractivity contribution in [3.63, 3.8) is 0 Å². The van der Waals surface area contributed by atoms with Gasteiger partial charge in [0.25, 0.3) is 5.91 Å². The largest absolute Gasteiger partial charge is 0.490 e. The Morgan fingerprint density at radius 2 is 1.96 bits per heavy atom. The first kappa shape index (κ1) is 20.8. The van der Waals surface area contributed by atoms with Crippen molar-refractivity contribution in [2.24, 2.45) is 5.92 Å². The topological polar surface area (TPSA) is 47.6 Å². The number of anilines is 1. The quantitative estimate of drug-likeness (QED) is 0.707. The molecule has 0 radical (unpaired) electrons. The smallest absolute Gasteiger partial charge is 0.256 e. The van der Waals surface area contributed by atoms with Crippen molar-refractivity contribution in [1.82, 2.24) is 0 Å². The van der Waals surface area contributed by atoms with Gasteiger partial charge in [-0.15, -0.1) is 0 Å². The van der Waals surface area contributed by atoms with Crippen LogP contribution in [0.15, 0.2) is 12.1 Å². The lowest BCUT2D eigenvalue weighted by atomic mass is 9.78. The molecule has 2 rings (SSSR count). The van der Waals surface area contributed by atoms with Crippen LogP contribution in [0.5, 0.6) is 5.75 Å². The van der Waals surface area contributed by atoms with Crippen molar-refractivity contribution in [3.05, 3.63) is 23.3 Å². The number of hydrogen-bond donors (Lipinski definition) is 1. The minimum Gasteiger partial charge on any atom is -0.490 e. The van der Waals surface area contributed by atoms with Gasteiger partial charge in [-0.05, 0) is 82.6 Å². The first-order chi connectivity index (χ1) is 12.3. The molecular weight excluding hydrogens is 326 g/mol. The fourth-order valence-corrected chi connectivity index (χ4v) is 3.89. The fourth-order valence-electron chi connectivity index (χ4n) is 3.89. The molecule has 1 aliphatic rings. The molecule has 1 fully saturated rings. The molecule has 0 heterocycles. The van der Waals surface area contributed by atoms with Crippen LogP contribution in [-0.2, 0) is 9.53 Å². The zero-order chi connectivity index (χ0) is 19.3. The summed E-state index contributed by atoms with van der Waals surface area (Å²) in [7, 11) is 0. The van der Waals surface area contributed by atoms with Gasteiger partial charge in [-0.3, -0.25) is 4.79 Å². The Balaban J connectivity index is 2.20. The van der Waals surface area contributed by atoms with E-state index in [2.05, 4.69) is 19.2 Å². The number of aryl methyl sites for hydroxylation is 2. The highest BCUT2D eigenvalue weighted by Gasteiger charge is 2.42. The Morgan fingerprint density at radius 1 is 1.31 bits per heavy atom. The SMILES string of the molecule is CCCO[C@@]1(C(=O)Nc2cc(C)c(OC(C)C)c(C)c2)CCC[C@@H](C)C1. The number of hydrogen-bond acceptors (Lipinski definition) is 3. The second-order valence-corrected chi connectivity index (χ2v) is 8.10. The number of carbonyl (C=O) groups excluding carboxylic acids is 1. The van der Waals surface area contributed by atoms with Crippen LogP contribution in [0, 0.1) is 19.8 Å². The molecule has 0 aliphatic heterocycles. The van der Waals surface area contributed by atoms with Crippen molar-refractivity contribution >= 4 is 11.6 Å². The van der Waals surface area contributed by atoms with Gasteiger partial charge in [-0.25, -0.2) is 0 Å². The van der Waals surface area contributed by atoms with E-state index in [0.717, 1.165) is 48.2 Å². The predicted octanol–water partition coefficient (Wildman–Crippen LogP) is 5.40. The van der Waals surface area contributed by atoms with Crippen molar-refractivity contribution < 1.29 is 14.3 Å². The van der Waals surface area contributed by atoms with Gasteiger partial charge < -0.3 is 14.8 Å². The van der Waals surface area contributed by atoms with Crippen molar-refractivity contribution in [2.45, 2.75) is 85.4 Å². The summed E-state index contributed by atoms with van der Waals surface area (Å²) in [5.41, 5.74) is 2.20. The van der Waals surface area contributed by atoms with Crippen LogP contribution in [-0.4, -0.2) is 24.2 Å². The van der Waals surface area contributed by atoms with E-state index >= 15 is 0 Å². The second kappa shape index (κ2) is 8.90. The number of nitrogens with one attached hydrogen (secondary N) is 1. The molecule has 26 heavy (non-hydrogen) atoms. The summed E-state index contributed by atoms with van der Waals surface area (Å²) in [5, 5.41) is 3.12. The Labute approximate surface area is 158 Å². The molecule has 0 aromatic heterocycles. The molecule has 4 nitrogen and oxygen atoms in total. The molecule has 1 aliphatic carbocycles. The lowest BCUT2D eigenvalue weighted by Gasteiger charge is -2.38. The molecule has 146 valence electrons. The lowest BCUT2D eigenvalue weighted by Crippen LogP contribution is -2.48. The van der Waals surface area contributed by atoms with Crippen LogP contribution in [0.2, 0.25) is 0 Å². The lowest BCUT2D eigenvalue weighted by molar-refractivity contribution is -0.148. The van der Waals surface area contributed by atoms with Crippen LogP contribution in [0.25, 0.3) is 0 Å². The first-order valence-corrected chi connectivity index (χ1v) is 10.0. The van der Waals surface area contributed by atoms with Gasteiger partial charge in [0, 0.05) is 12.3 Å². The molecule has 1 aromatic carbocycles. The van der Waals surface area contributed by atoms with E-state index in [1.807, 2.05) is 39.8 Å². The molecule has 2 atom stereocenters. The molecule has 0 spiro atoms. The number of rotatable bonds is 7. The summed E-state index contributed by atoms with van der Waals surface area (Å²) < 4.78 is 12.0. The molecule has 0 saturated heterocycles. The van der Waals surface area contributed by atoms with E-state index in [9.17, 15) is 4.79 Å². The van der Waals surface area contributed by atoms with Gasteiger partial charge in [0.05, 0.1) is 6.10 Å². The highest BCUT2D eigenvalue weighted by Crippen LogP contribution is 2.37. The first-order valence-electron chi connectivity index (χ1n) is 10.0. The Morgan fingerprint density at radius 3 is 2.50 bits per heavy atom. The van der Waals surface area contributed by atoms with Gasteiger partial charge >= 0.3 is 0 Å². The molecule has 1 amide bonds. The third kappa shape index (κ3) is 5.00. The van der Waals surface area contributed by atoms with E-state index in [4.69, 9.17) is 9.47 Å². The maximum Gasteiger partial charge on any atom is 0.256 e. The van der Waals surface area contributed by atoms with E-state index in [0.29, 0.717) is 12.5 Å². The number of amides is 1. The fraction of sp³-hybridized carbons (Fsp3) is 0.682. The van der Waals surface area contributed by atoms with Crippen LogP contribution < -0.4 is 10.1 Å². The molecule has 1 N–H and O–H groups in total. The monoisotopic (exact) mass is 361 g/mol. The predicted molar refractivity (Wildman–Crippen MR) is 107 cm³/mol. The summed E-state index contributed by atoms with van der Waals surface area (Å²) in [6, 6.07) is 3.98. The molecule has 0 bridgehead atoms. The zero-order valence-electron chi connectivity index (χ0n) is 17.3. The standard InChI is InChI=1S/C22H35NO3/c1-7-11-25-22(10-8-9-16(4)14-22)21(24)23-19-12-17(5)20(18(6)13-19)26-15(2)3/h12-13,15-16H,7-11,14H2,1-6H3,(H,23,24)/t16-,22+/m1/s1. The third-order valence-corrected chi connectivity index (χ3v) is 5.02. The molecule has 1 aromatic rings. The van der Waals surface area contributed by atoms with Gasteiger partial charge in [-0.1, -0.05) is 20.3 Å². The van der Waals surface area contributed by atoms with Crippen LogP contribution in [0.4, 0.5) is 5.69 Å². The van der Waals surface area contributed by atoms with Crippen molar-refractivity contribution in [2.75, 3.05) is 11.9 Å². The molecule has 1 saturated carbocycles. The zero-order valence-corrected chi connectivity index (χ0v) is 17.3. The van der Waals surface area contributed by atoms with Gasteiger partial charge in [0.2, 0.25) is 0 Å². The van der Waals surface area contributed by atoms with Crippen molar-refractivity contribution in [3.8, 4) is 5.75 Å². The van der Waals surface area contributed by atoms with Crippen molar-refractivity contribution in [1.29, 1.82) is 0 Å². The van der Waals surface area contributed by atoms with E-state index in [1.165, 1.54) is 6.42 Å². The van der Waals surface area contributed by atoms with E-state index < -0.39 is 5.60 Å². The van der Waals surface area contributed by atoms with Gasteiger partial charge in [-0.2, -0.15) is 0 Å². The second-order valence-electron chi connectivity index (χ2n) is 8.10. The molecule has 0 unspecified atom stereocenters. The number of ether oxygens (including phenoxy) is 2. The average Bonchev–Trinajstić information content (AvgIpc) is 2.56. The minimum absolute atomic E-state index is 0.00571. The molecular formula is C22H35NO3. The maximum atomic E-state index is 13.2. The van der Waals surface area contributed by atoms with Gasteiger partial charge in [0.1, 0.15) is 11.4 Å².